The van der Waals surface area contributed by atoms with Crippen molar-refractivity contribution in [1.29, 1.82) is 0 Å². The molecular formula is C20H24N4O2S. The van der Waals surface area contributed by atoms with Crippen LogP contribution in [0.15, 0.2) is 24.4 Å². The third-order valence-electron chi connectivity index (χ3n) is 5.52. The van der Waals surface area contributed by atoms with Gasteiger partial charge in [-0.2, -0.15) is 0 Å². The minimum Gasteiger partial charge on any atom is -0.337 e. The highest BCUT2D eigenvalue weighted by atomic mass is 32.1. The molecule has 2 aromatic rings. The topological polar surface area (TPSA) is 66.4 Å². The summed E-state index contributed by atoms with van der Waals surface area (Å²) >= 11 is 1.60. The number of aryl methyl sites for hydroxylation is 2. The van der Waals surface area contributed by atoms with E-state index < -0.39 is 0 Å². The van der Waals surface area contributed by atoms with Crippen molar-refractivity contribution in [2.24, 2.45) is 5.92 Å². The normalized spacial score (nSPS) is 22.0. The maximum atomic E-state index is 13.0. The van der Waals surface area contributed by atoms with Gasteiger partial charge in [-0.25, -0.2) is 4.98 Å². The Kier molecular flexibility index (Phi) is 4.95. The predicted octanol–water partition coefficient (Wildman–Crippen LogP) is 2.46. The van der Waals surface area contributed by atoms with Crippen molar-refractivity contribution < 1.29 is 9.59 Å². The lowest BCUT2D eigenvalue weighted by Gasteiger charge is -2.36. The molecule has 3 saturated heterocycles. The van der Waals surface area contributed by atoms with Gasteiger partial charge < -0.3 is 9.80 Å². The number of hydrogen-bond donors (Lipinski definition) is 0. The number of nitrogens with zero attached hydrogens (tertiary/aromatic N) is 4. The van der Waals surface area contributed by atoms with Crippen LogP contribution in [-0.2, 0) is 11.2 Å². The highest BCUT2D eigenvalue weighted by Gasteiger charge is 2.39. The van der Waals surface area contributed by atoms with Crippen LogP contribution in [-0.4, -0.2) is 57.3 Å². The Hall–Kier alpha value is -2.28. The first-order valence-electron chi connectivity index (χ1n) is 9.44. The Morgan fingerprint density at radius 3 is 2.74 bits per heavy atom. The number of piperidine rings is 1. The van der Waals surface area contributed by atoms with Gasteiger partial charge in [0.05, 0.1) is 17.1 Å². The van der Waals surface area contributed by atoms with Crippen LogP contribution in [0.5, 0.6) is 0 Å². The number of rotatable bonds is 3. The van der Waals surface area contributed by atoms with Crippen molar-refractivity contribution in [3.63, 3.8) is 0 Å². The number of hydrogen-bond acceptors (Lipinski definition) is 5. The first kappa shape index (κ1) is 18.1. The van der Waals surface area contributed by atoms with Crippen LogP contribution in [0.1, 0.15) is 38.9 Å². The predicted molar refractivity (Wildman–Crippen MR) is 104 cm³/mol. The molecule has 2 bridgehead atoms. The first-order valence-corrected chi connectivity index (χ1v) is 10.3. The lowest BCUT2D eigenvalue weighted by atomic mass is 9.94. The second kappa shape index (κ2) is 7.38. The summed E-state index contributed by atoms with van der Waals surface area (Å²) in [4.78, 5) is 39.4. The molecule has 0 N–H and O–H groups in total. The molecular weight excluding hydrogens is 360 g/mol. The molecule has 3 fully saturated rings. The highest BCUT2D eigenvalue weighted by Crippen LogP contribution is 2.30. The van der Waals surface area contributed by atoms with Crippen molar-refractivity contribution in [3.8, 4) is 0 Å². The van der Waals surface area contributed by atoms with E-state index in [1.54, 1.807) is 23.6 Å². The molecule has 0 saturated carbocycles. The minimum atomic E-state index is -0.0317. The van der Waals surface area contributed by atoms with E-state index in [0.29, 0.717) is 31.1 Å². The van der Waals surface area contributed by atoms with E-state index in [1.165, 1.54) is 0 Å². The van der Waals surface area contributed by atoms with Gasteiger partial charge in [0.1, 0.15) is 5.69 Å². The van der Waals surface area contributed by atoms with E-state index in [0.717, 1.165) is 35.0 Å². The summed E-state index contributed by atoms with van der Waals surface area (Å²) in [5, 5.41) is 1.000. The van der Waals surface area contributed by atoms with Gasteiger partial charge in [0.15, 0.2) is 0 Å². The number of carbonyl (C=O) groups excluding carboxylic acids is 2. The lowest BCUT2D eigenvalue weighted by molar-refractivity contribution is -0.134. The lowest BCUT2D eigenvalue weighted by Crippen LogP contribution is -2.48. The molecule has 3 aliphatic rings. The fourth-order valence-electron chi connectivity index (χ4n) is 4.18. The van der Waals surface area contributed by atoms with Crippen molar-refractivity contribution in [2.75, 3.05) is 19.6 Å². The first-order chi connectivity index (χ1) is 13.0. The molecule has 27 heavy (non-hydrogen) atoms. The van der Waals surface area contributed by atoms with Gasteiger partial charge in [-0.1, -0.05) is 6.07 Å². The monoisotopic (exact) mass is 384 g/mol. The molecule has 142 valence electrons. The molecule has 0 spiro atoms. The number of fused-ring (bicyclic) bond motifs is 4. The molecule has 5 heterocycles. The van der Waals surface area contributed by atoms with Crippen LogP contribution in [0, 0.1) is 19.8 Å². The van der Waals surface area contributed by atoms with E-state index in [-0.39, 0.29) is 17.9 Å². The van der Waals surface area contributed by atoms with E-state index >= 15 is 0 Å². The Balaban J connectivity index is 1.49. The number of aromatic nitrogens is 2. The van der Waals surface area contributed by atoms with E-state index in [9.17, 15) is 9.59 Å². The number of thiazole rings is 1. The van der Waals surface area contributed by atoms with Gasteiger partial charge in [0.2, 0.25) is 5.91 Å². The average Bonchev–Trinajstić information content (AvgIpc) is 2.85. The summed E-state index contributed by atoms with van der Waals surface area (Å²) in [5.74, 6) is 0.462. The van der Waals surface area contributed by atoms with Gasteiger partial charge in [-0.3, -0.25) is 14.6 Å². The number of amides is 2. The number of pyridine rings is 1. The third-order valence-corrected chi connectivity index (χ3v) is 6.59. The van der Waals surface area contributed by atoms with E-state index in [2.05, 4.69) is 9.97 Å². The fourth-order valence-corrected chi connectivity index (χ4v) is 5.11. The minimum absolute atomic E-state index is 0.0317. The van der Waals surface area contributed by atoms with Crippen LogP contribution in [0.4, 0.5) is 0 Å². The third kappa shape index (κ3) is 3.74. The van der Waals surface area contributed by atoms with Crippen LogP contribution in [0.25, 0.3) is 0 Å². The average molecular weight is 385 g/mol. The van der Waals surface area contributed by atoms with Gasteiger partial charge in [-0.15, -0.1) is 11.3 Å². The summed E-state index contributed by atoms with van der Waals surface area (Å²) in [6, 6.07) is 5.50. The molecule has 7 heteroatoms. The quantitative estimate of drug-likeness (QED) is 0.815. The Bertz CT molecular complexity index is 851. The van der Waals surface area contributed by atoms with Gasteiger partial charge in [-0.05, 0) is 44.7 Å². The van der Waals surface area contributed by atoms with Gasteiger partial charge in [0.25, 0.3) is 5.91 Å². The van der Waals surface area contributed by atoms with Crippen LogP contribution in [0.3, 0.4) is 0 Å². The van der Waals surface area contributed by atoms with E-state index in [1.807, 2.05) is 35.8 Å². The molecule has 2 aromatic heterocycles. The maximum Gasteiger partial charge on any atom is 0.272 e. The second-order valence-corrected chi connectivity index (χ2v) is 8.77. The molecule has 0 unspecified atom stereocenters. The Labute approximate surface area is 163 Å². The molecule has 6 nitrogen and oxygen atoms in total. The standard InChI is InChI=1S/C20H24N4O2S/c1-13-18(27-14(2)22-13)9-19(25)24-11-15-6-7-16(24)12-23(10-15)20(26)17-5-3-4-8-21-17/h3-5,8,15-16H,6-7,9-12H2,1-2H3/t15-,16+/m0/s1. The number of carbonyl (C=O) groups is 2. The largest absolute Gasteiger partial charge is 0.337 e. The Morgan fingerprint density at radius 1 is 1.19 bits per heavy atom. The van der Waals surface area contributed by atoms with Crippen molar-refractivity contribution in [3.05, 3.63) is 45.7 Å². The molecule has 0 radical (unpaired) electrons. The van der Waals surface area contributed by atoms with Gasteiger partial charge in [0, 0.05) is 36.8 Å². The molecule has 2 amide bonds. The van der Waals surface area contributed by atoms with Crippen molar-refractivity contribution in [1.82, 2.24) is 19.8 Å². The summed E-state index contributed by atoms with van der Waals surface area (Å²) in [5.41, 5.74) is 1.44. The zero-order chi connectivity index (χ0) is 19.0. The van der Waals surface area contributed by atoms with Crippen LogP contribution < -0.4 is 0 Å². The van der Waals surface area contributed by atoms with Crippen molar-refractivity contribution in [2.45, 2.75) is 39.2 Å². The fraction of sp³-hybridized carbons (Fsp3) is 0.500. The SMILES string of the molecule is Cc1nc(C)c(CC(=O)N2C[C@H]3CC[C@@H]2CN(C(=O)c2ccccn2)C3)s1. The smallest absolute Gasteiger partial charge is 0.272 e. The molecule has 0 aromatic carbocycles. The van der Waals surface area contributed by atoms with Crippen LogP contribution >= 0.6 is 11.3 Å². The van der Waals surface area contributed by atoms with Gasteiger partial charge >= 0.3 is 0 Å². The summed E-state index contributed by atoms with van der Waals surface area (Å²) in [6.45, 7) is 5.98. The summed E-state index contributed by atoms with van der Waals surface area (Å²) < 4.78 is 0. The summed E-state index contributed by atoms with van der Waals surface area (Å²) in [7, 11) is 0. The zero-order valence-corrected chi connectivity index (χ0v) is 16.5. The Morgan fingerprint density at radius 2 is 2.04 bits per heavy atom. The molecule has 3 aliphatic heterocycles. The molecule has 0 aliphatic carbocycles. The zero-order valence-electron chi connectivity index (χ0n) is 15.7. The molecule has 2 atom stereocenters. The second-order valence-electron chi connectivity index (χ2n) is 7.49. The maximum absolute atomic E-state index is 13.0. The highest BCUT2D eigenvalue weighted by molar-refractivity contribution is 7.11. The molecule has 5 rings (SSSR count). The summed E-state index contributed by atoms with van der Waals surface area (Å²) in [6.07, 6.45) is 4.09. The van der Waals surface area contributed by atoms with Crippen molar-refractivity contribution >= 4 is 23.2 Å². The van der Waals surface area contributed by atoms with Crippen LogP contribution in [0.2, 0.25) is 0 Å². The van der Waals surface area contributed by atoms with E-state index in [4.69, 9.17) is 0 Å².